The smallest absolute Gasteiger partial charge is 0.237 e. The summed E-state index contributed by atoms with van der Waals surface area (Å²) < 4.78 is 0. The number of carbonyl (C=O) groups is 1. The fraction of sp³-hybridized carbons (Fsp3) is 0.933. The van der Waals surface area contributed by atoms with E-state index in [4.69, 9.17) is 11.5 Å². The van der Waals surface area contributed by atoms with E-state index >= 15 is 0 Å². The minimum atomic E-state index is -0.900. The van der Waals surface area contributed by atoms with Gasteiger partial charge >= 0.3 is 0 Å². The molecule has 0 aliphatic carbocycles. The van der Waals surface area contributed by atoms with Gasteiger partial charge in [-0.25, -0.2) is 0 Å². The van der Waals surface area contributed by atoms with Crippen molar-refractivity contribution in [1.82, 2.24) is 9.80 Å². The molecule has 2 rings (SSSR count). The number of likely N-dealkylation sites (tertiary alicyclic amines) is 2. The van der Waals surface area contributed by atoms with Crippen molar-refractivity contribution in [3.05, 3.63) is 0 Å². The van der Waals surface area contributed by atoms with Crippen LogP contribution in [0.4, 0.5) is 0 Å². The van der Waals surface area contributed by atoms with Gasteiger partial charge in [0.1, 0.15) is 0 Å². The van der Waals surface area contributed by atoms with E-state index in [2.05, 4.69) is 16.7 Å². The first-order chi connectivity index (χ1) is 9.40. The minimum Gasteiger partial charge on any atom is -0.368 e. The van der Waals surface area contributed by atoms with Crippen molar-refractivity contribution in [2.24, 2.45) is 11.5 Å². The van der Waals surface area contributed by atoms with Crippen molar-refractivity contribution in [2.75, 3.05) is 26.2 Å². The summed E-state index contributed by atoms with van der Waals surface area (Å²) in [5.74, 6) is -0.406. The second kappa shape index (κ2) is 6.41. The van der Waals surface area contributed by atoms with Gasteiger partial charge in [-0.2, -0.15) is 0 Å². The first-order valence-electron chi connectivity index (χ1n) is 7.97. The fourth-order valence-corrected chi connectivity index (χ4v) is 3.59. The molecule has 4 N–H and O–H groups in total. The third kappa shape index (κ3) is 3.71. The van der Waals surface area contributed by atoms with Crippen molar-refractivity contribution in [3.8, 4) is 0 Å². The van der Waals surface area contributed by atoms with E-state index in [1.165, 1.54) is 38.8 Å². The maximum atomic E-state index is 11.4. The Morgan fingerprint density at radius 1 is 1.30 bits per heavy atom. The van der Waals surface area contributed by atoms with Crippen LogP contribution in [0.25, 0.3) is 0 Å². The van der Waals surface area contributed by atoms with Gasteiger partial charge in [0.05, 0.1) is 5.54 Å². The zero-order valence-corrected chi connectivity index (χ0v) is 13.0. The van der Waals surface area contributed by atoms with Gasteiger partial charge in [-0.05, 0) is 52.6 Å². The first-order valence-corrected chi connectivity index (χ1v) is 7.97. The van der Waals surface area contributed by atoms with Gasteiger partial charge in [-0.15, -0.1) is 0 Å². The van der Waals surface area contributed by atoms with Crippen molar-refractivity contribution in [2.45, 2.75) is 63.6 Å². The molecule has 2 fully saturated rings. The molecule has 5 nitrogen and oxygen atoms in total. The maximum absolute atomic E-state index is 11.4. The average molecular weight is 282 g/mol. The van der Waals surface area contributed by atoms with E-state index in [1.54, 1.807) is 6.92 Å². The molecule has 2 saturated heterocycles. The number of rotatable bonds is 5. The largest absolute Gasteiger partial charge is 0.368 e. The van der Waals surface area contributed by atoms with E-state index in [9.17, 15) is 4.79 Å². The number of piperidine rings is 1. The Morgan fingerprint density at radius 3 is 2.55 bits per heavy atom. The molecule has 0 aromatic rings. The Balaban J connectivity index is 1.84. The number of nitrogens with zero attached hydrogens (tertiary/aromatic N) is 2. The van der Waals surface area contributed by atoms with E-state index < -0.39 is 11.4 Å². The quantitative estimate of drug-likeness (QED) is 0.771. The molecule has 2 aliphatic rings. The number of amides is 1. The highest BCUT2D eigenvalue weighted by Gasteiger charge is 2.34. The number of hydrogen-bond acceptors (Lipinski definition) is 4. The summed E-state index contributed by atoms with van der Waals surface area (Å²) >= 11 is 0. The molecule has 116 valence electrons. The molecule has 5 heteroatoms. The van der Waals surface area contributed by atoms with Gasteiger partial charge in [0, 0.05) is 25.2 Å². The summed E-state index contributed by atoms with van der Waals surface area (Å²) in [5.41, 5.74) is 10.5. The summed E-state index contributed by atoms with van der Waals surface area (Å²) in [7, 11) is 0. The Bertz CT molecular complexity index is 339. The van der Waals surface area contributed by atoms with Crippen LogP contribution in [-0.4, -0.2) is 59.5 Å². The lowest BCUT2D eigenvalue weighted by atomic mass is 9.93. The molecule has 1 amide bonds. The third-order valence-electron chi connectivity index (χ3n) is 5.01. The van der Waals surface area contributed by atoms with Gasteiger partial charge < -0.3 is 11.5 Å². The lowest BCUT2D eigenvalue weighted by molar-refractivity contribution is -0.123. The van der Waals surface area contributed by atoms with Crippen LogP contribution in [0.5, 0.6) is 0 Å². The summed E-state index contributed by atoms with van der Waals surface area (Å²) in [6.07, 6.45) is 5.94. The van der Waals surface area contributed by atoms with E-state index in [0.29, 0.717) is 18.5 Å². The Kier molecular flexibility index (Phi) is 5.04. The zero-order valence-electron chi connectivity index (χ0n) is 13.0. The highest BCUT2D eigenvalue weighted by Crippen LogP contribution is 2.24. The number of nitrogens with two attached hydrogens (primary N) is 2. The van der Waals surface area contributed by atoms with Crippen molar-refractivity contribution in [1.29, 1.82) is 0 Å². The second-order valence-electron chi connectivity index (χ2n) is 6.87. The summed E-state index contributed by atoms with van der Waals surface area (Å²) in [6, 6.07) is 1.00. The molecule has 0 bridgehead atoms. The van der Waals surface area contributed by atoms with E-state index in [-0.39, 0.29) is 0 Å². The highest BCUT2D eigenvalue weighted by molar-refractivity contribution is 5.83. The van der Waals surface area contributed by atoms with Crippen molar-refractivity contribution in [3.63, 3.8) is 0 Å². The second-order valence-corrected chi connectivity index (χ2v) is 6.87. The zero-order chi connectivity index (χ0) is 14.8. The average Bonchev–Trinajstić information content (AvgIpc) is 2.88. The van der Waals surface area contributed by atoms with Crippen LogP contribution >= 0.6 is 0 Å². The van der Waals surface area contributed by atoms with Crippen LogP contribution in [-0.2, 0) is 4.79 Å². The van der Waals surface area contributed by atoms with Gasteiger partial charge in [0.25, 0.3) is 0 Å². The predicted octanol–water partition coefficient (Wildman–Crippen LogP) is 0.528. The van der Waals surface area contributed by atoms with Crippen LogP contribution in [0.3, 0.4) is 0 Å². The predicted molar refractivity (Wildman–Crippen MR) is 81.3 cm³/mol. The topological polar surface area (TPSA) is 75.6 Å². The number of primary amides is 1. The Hall–Kier alpha value is -0.650. The van der Waals surface area contributed by atoms with Crippen LogP contribution in [0, 0.1) is 0 Å². The van der Waals surface area contributed by atoms with Crippen LogP contribution in [0.1, 0.15) is 46.0 Å². The molecule has 2 aliphatic heterocycles. The molecule has 0 aromatic heterocycles. The van der Waals surface area contributed by atoms with Crippen LogP contribution < -0.4 is 11.5 Å². The number of hydrogen-bond donors (Lipinski definition) is 2. The van der Waals surface area contributed by atoms with Gasteiger partial charge in [-0.1, -0.05) is 6.42 Å². The molecular formula is C15H30N4O. The fourth-order valence-electron chi connectivity index (χ4n) is 3.59. The van der Waals surface area contributed by atoms with Gasteiger partial charge in [0.2, 0.25) is 5.91 Å². The molecule has 0 spiro atoms. The molecule has 0 aromatic carbocycles. The standard InChI is InChI=1S/C15H30N4O/c1-12(10-15(2,17)14(16)20)19-9-6-13(11-19)18-7-4-3-5-8-18/h12-13H,3-11,17H2,1-2H3,(H2,16,20). The Labute approximate surface area is 122 Å². The van der Waals surface area contributed by atoms with Gasteiger partial charge in [0.15, 0.2) is 0 Å². The summed E-state index contributed by atoms with van der Waals surface area (Å²) in [6.45, 7) is 8.62. The SMILES string of the molecule is CC(CC(C)(N)C(N)=O)N1CCC(N2CCCCC2)C1. The van der Waals surface area contributed by atoms with Crippen LogP contribution in [0.2, 0.25) is 0 Å². The van der Waals surface area contributed by atoms with E-state index in [1.807, 2.05) is 0 Å². The maximum Gasteiger partial charge on any atom is 0.237 e. The van der Waals surface area contributed by atoms with E-state index in [0.717, 1.165) is 13.1 Å². The van der Waals surface area contributed by atoms with Crippen LogP contribution in [0.15, 0.2) is 0 Å². The highest BCUT2D eigenvalue weighted by atomic mass is 16.1. The van der Waals surface area contributed by atoms with Gasteiger partial charge in [-0.3, -0.25) is 14.6 Å². The monoisotopic (exact) mass is 282 g/mol. The number of carbonyl (C=O) groups excluding carboxylic acids is 1. The normalized spacial score (nSPS) is 30.1. The lowest BCUT2D eigenvalue weighted by Gasteiger charge is -2.34. The minimum absolute atomic E-state index is 0.312. The molecule has 2 heterocycles. The molecule has 3 unspecified atom stereocenters. The third-order valence-corrected chi connectivity index (χ3v) is 5.01. The molecule has 20 heavy (non-hydrogen) atoms. The molecular weight excluding hydrogens is 252 g/mol. The molecule has 0 radical (unpaired) electrons. The molecule has 0 saturated carbocycles. The summed E-state index contributed by atoms with van der Waals surface area (Å²) in [4.78, 5) is 16.5. The Morgan fingerprint density at radius 2 is 1.95 bits per heavy atom. The lowest BCUT2D eigenvalue weighted by Crippen LogP contribution is -2.53. The molecule has 3 atom stereocenters. The van der Waals surface area contributed by atoms with Crippen molar-refractivity contribution >= 4 is 5.91 Å². The summed E-state index contributed by atoms with van der Waals surface area (Å²) in [5, 5.41) is 0. The first kappa shape index (κ1) is 15.7. The van der Waals surface area contributed by atoms with Crippen molar-refractivity contribution < 1.29 is 4.79 Å².